The van der Waals surface area contributed by atoms with Crippen LogP contribution in [0.3, 0.4) is 0 Å². The maximum Gasteiger partial charge on any atom is 0.243 e. The maximum absolute atomic E-state index is 12.7. The molecule has 0 saturated carbocycles. The molecule has 28 heavy (non-hydrogen) atoms. The van der Waals surface area contributed by atoms with Gasteiger partial charge in [0.05, 0.1) is 24.2 Å². The Balaban J connectivity index is 1.62. The second-order valence-electron chi connectivity index (χ2n) is 6.74. The highest BCUT2D eigenvalue weighted by Crippen LogP contribution is 2.21. The largest absolute Gasteiger partial charge is 0.467 e. The molecule has 2 heterocycles. The average molecular weight is 405 g/mol. The molecule has 0 radical (unpaired) electrons. The quantitative estimate of drug-likeness (QED) is 0.547. The third kappa shape index (κ3) is 5.36. The summed E-state index contributed by atoms with van der Waals surface area (Å²) in [5, 5.41) is 6.40. The van der Waals surface area contributed by atoms with Crippen molar-refractivity contribution in [2.75, 3.05) is 19.6 Å². The number of hydrogen-bond donors (Lipinski definition) is 2. The zero-order chi connectivity index (χ0) is 19.8. The molecule has 1 aromatic carbocycles. The minimum Gasteiger partial charge on any atom is -0.467 e. The second-order valence-corrected chi connectivity index (χ2v) is 8.67. The van der Waals surface area contributed by atoms with E-state index in [4.69, 9.17) is 4.42 Å². The van der Waals surface area contributed by atoms with Crippen LogP contribution in [0, 0.1) is 0 Å². The number of hydrogen-bond acceptors (Lipinski definition) is 4. The van der Waals surface area contributed by atoms with E-state index in [-0.39, 0.29) is 0 Å². The summed E-state index contributed by atoms with van der Waals surface area (Å²) < 4.78 is 32.3. The summed E-state index contributed by atoms with van der Waals surface area (Å²) in [5.41, 5.74) is 0.952. The van der Waals surface area contributed by atoms with Gasteiger partial charge in [0, 0.05) is 19.6 Å². The van der Waals surface area contributed by atoms with Crippen LogP contribution in [-0.4, -0.2) is 38.3 Å². The van der Waals surface area contributed by atoms with Crippen molar-refractivity contribution in [2.24, 2.45) is 4.99 Å². The lowest BCUT2D eigenvalue weighted by atomic mass is 10.2. The molecule has 0 bridgehead atoms. The number of sulfonamides is 1. The summed E-state index contributed by atoms with van der Waals surface area (Å²) in [6.45, 7) is 4.98. The fraction of sp³-hybridized carbons (Fsp3) is 0.450. The predicted octanol–water partition coefficient (Wildman–Crippen LogP) is 2.71. The van der Waals surface area contributed by atoms with Crippen LogP contribution >= 0.6 is 0 Å². The van der Waals surface area contributed by atoms with Crippen molar-refractivity contribution in [3.8, 4) is 0 Å². The van der Waals surface area contributed by atoms with Crippen LogP contribution in [0.4, 0.5) is 0 Å². The Morgan fingerprint density at radius 2 is 1.86 bits per heavy atom. The van der Waals surface area contributed by atoms with E-state index in [2.05, 4.69) is 15.6 Å². The molecular formula is C20H28N4O3S. The van der Waals surface area contributed by atoms with Crippen LogP contribution in [-0.2, 0) is 23.1 Å². The third-order valence-electron chi connectivity index (χ3n) is 4.65. The Morgan fingerprint density at radius 3 is 2.50 bits per heavy atom. The number of aliphatic imine (C=N–C) groups is 1. The maximum atomic E-state index is 12.7. The van der Waals surface area contributed by atoms with Gasteiger partial charge in [0.2, 0.25) is 10.0 Å². The average Bonchev–Trinajstić information content (AvgIpc) is 3.25. The van der Waals surface area contributed by atoms with Crippen molar-refractivity contribution in [2.45, 2.75) is 44.2 Å². The van der Waals surface area contributed by atoms with Gasteiger partial charge in [-0.15, -0.1) is 0 Å². The van der Waals surface area contributed by atoms with Crippen LogP contribution in [0.2, 0.25) is 0 Å². The van der Waals surface area contributed by atoms with Crippen LogP contribution in [0.5, 0.6) is 0 Å². The number of benzene rings is 1. The summed E-state index contributed by atoms with van der Waals surface area (Å²) in [5.74, 6) is 1.52. The highest BCUT2D eigenvalue weighted by molar-refractivity contribution is 7.89. The van der Waals surface area contributed by atoms with E-state index in [0.717, 1.165) is 37.1 Å². The Morgan fingerprint density at radius 1 is 1.11 bits per heavy atom. The first-order valence-corrected chi connectivity index (χ1v) is 11.2. The van der Waals surface area contributed by atoms with Crippen molar-refractivity contribution in [1.82, 2.24) is 14.9 Å². The molecule has 1 saturated heterocycles. The molecule has 7 nitrogen and oxygen atoms in total. The summed E-state index contributed by atoms with van der Waals surface area (Å²) >= 11 is 0. The Bertz CT molecular complexity index is 855. The first-order valence-electron chi connectivity index (χ1n) is 9.73. The second kappa shape index (κ2) is 9.75. The van der Waals surface area contributed by atoms with Crippen molar-refractivity contribution in [3.05, 3.63) is 54.0 Å². The molecule has 1 aliphatic rings. The van der Waals surface area contributed by atoms with E-state index < -0.39 is 10.0 Å². The monoisotopic (exact) mass is 404 g/mol. The van der Waals surface area contributed by atoms with E-state index in [0.29, 0.717) is 37.0 Å². The van der Waals surface area contributed by atoms with Gasteiger partial charge in [-0.2, -0.15) is 4.31 Å². The number of furan rings is 1. The van der Waals surface area contributed by atoms with Gasteiger partial charge in [-0.05, 0) is 49.6 Å². The van der Waals surface area contributed by atoms with Gasteiger partial charge in [-0.1, -0.05) is 18.6 Å². The lowest BCUT2D eigenvalue weighted by Crippen LogP contribution is -2.36. The van der Waals surface area contributed by atoms with E-state index >= 15 is 0 Å². The van der Waals surface area contributed by atoms with Crippen molar-refractivity contribution in [3.63, 3.8) is 0 Å². The molecule has 0 spiro atoms. The minimum absolute atomic E-state index is 0.352. The van der Waals surface area contributed by atoms with Crippen LogP contribution in [0.1, 0.15) is 37.5 Å². The third-order valence-corrected chi connectivity index (χ3v) is 6.56. The summed E-state index contributed by atoms with van der Waals surface area (Å²) in [7, 11) is -3.39. The zero-order valence-corrected chi connectivity index (χ0v) is 17.0. The summed E-state index contributed by atoms with van der Waals surface area (Å²) in [6, 6.07) is 10.8. The smallest absolute Gasteiger partial charge is 0.243 e. The molecule has 1 aromatic heterocycles. The number of rotatable bonds is 7. The Hall–Kier alpha value is -2.32. The highest BCUT2D eigenvalue weighted by Gasteiger charge is 2.25. The topological polar surface area (TPSA) is 86.9 Å². The van der Waals surface area contributed by atoms with Crippen molar-refractivity contribution >= 4 is 16.0 Å². The van der Waals surface area contributed by atoms with Crippen LogP contribution < -0.4 is 10.6 Å². The first kappa shape index (κ1) is 20.4. The molecule has 0 amide bonds. The molecule has 0 aliphatic carbocycles. The number of guanidine groups is 1. The Labute approximate surface area is 166 Å². The number of nitrogens with zero attached hydrogens (tertiary/aromatic N) is 2. The Kier molecular flexibility index (Phi) is 7.11. The van der Waals surface area contributed by atoms with E-state index in [1.165, 1.54) is 0 Å². The molecule has 3 rings (SSSR count). The SMILES string of the molecule is CCNC(=NCc1ccc(S(=O)(=O)N2CCCCC2)cc1)NCc1ccco1. The van der Waals surface area contributed by atoms with Gasteiger partial charge in [0.25, 0.3) is 0 Å². The number of piperidine rings is 1. The van der Waals surface area contributed by atoms with E-state index in [9.17, 15) is 8.42 Å². The van der Waals surface area contributed by atoms with Crippen LogP contribution in [0.25, 0.3) is 0 Å². The fourth-order valence-electron chi connectivity index (χ4n) is 3.12. The summed E-state index contributed by atoms with van der Waals surface area (Å²) in [4.78, 5) is 4.91. The van der Waals surface area contributed by atoms with Crippen LogP contribution in [0.15, 0.2) is 57.0 Å². The molecule has 0 atom stereocenters. The first-order chi connectivity index (χ1) is 13.6. The highest BCUT2D eigenvalue weighted by atomic mass is 32.2. The van der Waals surface area contributed by atoms with Gasteiger partial charge < -0.3 is 15.1 Å². The van der Waals surface area contributed by atoms with Gasteiger partial charge in [-0.3, -0.25) is 0 Å². The molecule has 2 N–H and O–H groups in total. The molecule has 1 aliphatic heterocycles. The molecular weight excluding hydrogens is 376 g/mol. The van der Waals surface area contributed by atoms with E-state index in [1.807, 2.05) is 31.2 Å². The van der Waals surface area contributed by atoms with Gasteiger partial charge >= 0.3 is 0 Å². The van der Waals surface area contributed by atoms with E-state index in [1.54, 1.807) is 22.7 Å². The zero-order valence-electron chi connectivity index (χ0n) is 16.2. The lowest BCUT2D eigenvalue weighted by Gasteiger charge is -2.25. The van der Waals surface area contributed by atoms with Crippen molar-refractivity contribution in [1.29, 1.82) is 0 Å². The molecule has 0 unspecified atom stereocenters. The molecule has 8 heteroatoms. The fourth-order valence-corrected chi connectivity index (χ4v) is 4.63. The number of nitrogens with one attached hydrogen (secondary N) is 2. The van der Waals surface area contributed by atoms with Gasteiger partial charge in [0.15, 0.2) is 5.96 Å². The normalized spacial score (nSPS) is 16.1. The van der Waals surface area contributed by atoms with Gasteiger partial charge in [0.1, 0.15) is 5.76 Å². The summed E-state index contributed by atoms with van der Waals surface area (Å²) in [6.07, 6.45) is 4.61. The predicted molar refractivity (Wildman–Crippen MR) is 109 cm³/mol. The van der Waals surface area contributed by atoms with Gasteiger partial charge in [-0.25, -0.2) is 13.4 Å². The molecule has 152 valence electrons. The standard InChI is InChI=1S/C20H28N4O3S/c1-2-21-20(23-16-18-7-6-14-27-18)22-15-17-8-10-19(11-9-17)28(25,26)24-12-4-3-5-13-24/h6-11,14H,2-5,12-13,15-16H2,1H3,(H2,21,22,23). The lowest BCUT2D eigenvalue weighted by molar-refractivity contribution is 0.346. The molecule has 2 aromatic rings. The minimum atomic E-state index is -3.39. The molecule has 1 fully saturated rings. The van der Waals surface area contributed by atoms with Crippen molar-refractivity contribution < 1.29 is 12.8 Å².